The fourth-order valence-electron chi connectivity index (χ4n) is 3.14. The van der Waals surface area contributed by atoms with E-state index in [0.717, 1.165) is 23.7 Å². The van der Waals surface area contributed by atoms with E-state index in [0.29, 0.717) is 0 Å². The second-order valence-corrected chi connectivity index (χ2v) is 6.58. The van der Waals surface area contributed by atoms with Crippen molar-refractivity contribution in [3.63, 3.8) is 0 Å². The number of hydrogen-bond acceptors (Lipinski definition) is 0. The molecule has 0 radical (unpaired) electrons. The van der Waals surface area contributed by atoms with Gasteiger partial charge in [0.15, 0.2) is 0 Å². The third-order valence-electron chi connectivity index (χ3n) is 5.17. The minimum absolute atomic E-state index is 0.908. The fourth-order valence-corrected chi connectivity index (χ4v) is 3.14. The normalized spacial score (nSPS) is 18.3. The van der Waals surface area contributed by atoms with Crippen molar-refractivity contribution >= 4 is 0 Å². The first-order chi connectivity index (χ1) is 8.56. The average Bonchev–Trinajstić information content (AvgIpc) is 2.37. The largest absolute Gasteiger partial charge is 0.0654 e. The molecular weight excluding hydrogens is 216 g/mol. The van der Waals surface area contributed by atoms with Gasteiger partial charge in [0.25, 0.3) is 0 Å². The Bertz CT molecular complexity index is 173. The van der Waals surface area contributed by atoms with Crippen LogP contribution in [0, 0.1) is 23.7 Å². The van der Waals surface area contributed by atoms with Gasteiger partial charge in [-0.3, -0.25) is 0 Å². The molecule has 0 amide bonds. The summed E-state index contributed by atoms with van der Waals surface area (Å²) < 4.78 is 0. The Hall–Kier alpha value is 0. The summed E-state index contributed by atoms with van der Waals surface area (Å²) in [6.07, 6.45) is 11.3. The van der Waals surface area contributed by atoms with Gasteiger partial charge >= 0.3 is 0 Å². The number of unbranched alkanes of at least 4 members (excludes halogenated alkanes) is 1. The quantitative estimate of drug-likeness (QED) is 0.360. The van der Waals surface area contributed by atoms with Crippen molar-refractivity contribution in [1.82, 2.24) is 0 Å². The molecule has 0 aliphatic carbocycles. The molecule has 0 nitrogen and oxygen atoms in total. The van der Waals surface area contributed by atoms with Crippen molar-refractivity contribution in [3.05, 3.63) is 0 Å². The topological polar surface area (TPSA) is 0 Å². The summed E-state index contributed by atoms with van der Waals surface area (Å²) in [7, 11) is 0. The van der Waals surface area contributed by atoms with E-state index in [1.54, 1.807) is 0 Å². The molecule has 0 aliphatic heterocycles. The lowest BCUT2D eigenvalue weighted by Crippen LogP contribution is -2.11. The van der Waals surface area contributed by atoms with E-state index < -0.39 is 0 Å². The molecule has 0 saturated heterocycles. The van der Waals surface area contributed by atoms with Gasteiger partial charge in [0.05, 0.1) is 0 Å². The predicted octanol–water partition coefficient (Wildman–Crippen LogP) is 6.69. The van der Waals surface area contributed by atoms with Crippen LogP contribution in [0.15, 0.2) is 0 Å². The second kappa shape index (κ2) is 10.9. The molecule has 4 unspecified atom stereocenters. The Morgan fingerprint density at radius 3 is 1.72 bits per heavy atom. The molecule has 0 heterocycles. The summed E-state index contributed by atoms with van der Waals surface area (Å²) in [5.74, 6) is 3.74. The second-order valence-electron chi connectivity index (χ2n) is 6.58. The number of hydrogen-bond donors (Lipinski definition) is 0. The predicted molar refractivity (Wildman–Crippen MR) is 84.9 cm³/mol. The minimum Gasteiger partial charge on any atom is -0.0654 e. The molecule has 0 heteroatoms. The highest BCUT2D eigenvalue weighted by atomic mass is 14.2. The zero-order valence-electron chi connectivity index (χ0n) is 14.0. The molecule has 110 valence electrons. The molecule has 0 spiro atoms. The van der Waals surface area contributed by atoms with Gasteiger partial charge in [-0.15, -0.1) is 0 Å². The van der Waals surface area contributed by atoms with Crippen LogP contribution in [-0.4, -0.2) is 0 Å². The molecule has 0 rings (SSSR count). The van der Waals surface area contributed by atoms with Crippen molar-refractivity contribution in [3.8, 4) is 0 Å². The first-order valence-electron chi connectivity index (χ1n) is 8.56. The third kappa shape index (κ3) is 7.44. The van der Waals surface area contributed by atoms with Gasteiger partial charge in [-0.25, -0.2) is 0 Å². The summed E-state index contributed by atoms with van der Waals surface area (Å²) in [5, 5.41) is 0. The van der Waals surface area contributed by atoms with Gasteiger partial charge in [0.2, 0.25) is 0 Å². The van der Waals surface area contributed by atoms with E-state index in [9.17, 15) is 0 Å². The highest BCUT2D eigenvalue weighted by Gasteiger charge is 2.15. The zero-order valence-corrected chi connectivity index (χ0v) is 14.0. The third-order valence-corrected chi connectivity index (χ3v) is 5.17. The number of rotatable bonds is 11. The molecule has 0 saturated carbocycles. The lowest BCUT2D eigenvalue weighted by atomic mass is 9.83. The van der Waals surface area contributed by atoms with Crippen molar-refractivity contribution in [1.29, 1.82) is 0 Å². The van der Waals surface area contributed by atoms with Crippen LogP contribution in [0.25, 0.3) is 0 Å². The van der Waals surface area contributed by atoms with E-state index in [1.165, 1.54) is 51.4 Å². The van der Waals surface area contributed by atoms with Crippen LogP contribution in [0.2, 0.25) is 0 Å². The Balaban J connectivity index is 3.74. The SMILES string of the molecule is CCCC(C)C(CC)CCCCC(C)C(C)CC. The lowest BCUT2D eigenvalue weighted by Gasteiger charge is -2.23. The standard InChI is InChI=1S/C18H38/c1-7-12-17(6)18(9-3)14-11-10-13-16(5)15(4)8-2/h15-18H,7-14H2,1-6H3. The van der Waals surface area contributed by atoms with Gasteiger partial charge < -0.3 is 0 Å². The van der Waals surface area contributed by atoms with Crippen molar-refractivity contribution in [2.45, 2.75) is 92.9 Å². The van der Waals surface area contributed by atoms with Crippen LogP contribution < -0.4 is 0 Å². The highest BCUT2D eigenvalue weighted by Crippen LogP contribution is 2.27. The molecule has 0 N–H and O–H groups in total. The zero-order chi connectivity index (χ0) is 14.0. The van der Waals surface area contributed by atoms with Crippen molar-refractivity contribution in [2.24, 2.45) is 23.7 Å². The Morgan fingerprint density at radius 2 is 1.22 bits per heavy atom. The van der Waals surface area contributed by atoms with Crippen LogP contribution in [-0.2, 0) is 0 Å². The maximum atomic E-state index is 2.46. The molecule has 0 fully saturated rings. The lowest BCUT2D eigenvalue weighted by molar-refractivity contribution is 0.286. The van der Waals surface area contributed by atoms with Crippen LogP contribution >= 0.6 is 0 Å². The highest BCUT2D eigenvalue weighted by molar-refractivity contribution is 4.66. The van der Waals surface area contributed by atoms with E-state index in [-0.39, 0.29) is 0 Å². The molecule has 0 aromatic carbocycles. The van der Waals surface area contributed by atoms with Crippen LogP contribution in [0.3, 0.4) is 0 Å². The van der Waals surface area contributed by atoms with Crippen LogP contribution in [0.1, 0.15) is 92.9 Å². The first-order valence-corrected chi connectivity index (χ1v) is 8.56. The van der Waals surface area contributed by atoms with Gasteiger partial charge in [-0.2, -0.15) is 0 Å². The van der Waals surface area contributed by atoms with E-state index in [1.807, 2.05) is 0 Å². The fraction of sp³-hybridized carbons (Fsp3) is 1.00. The maximum Gasteiger partial charge on any atom is -0.0391 e. The molecule has 18 heavy (non-hydrogen) atoms. The summed E-state index contributed by atoms with van der Waals surface area (Å²) in [4.78, 5) is 0. The Morgan fingerprint density at radius 1 is 0.611 bits per heavy atom. The molecule has 0 aliphatic rings. The van der Waals surface area contributed by atoms with Gasteiger partial charge in [0.1, 0.15) is 0 Å². The Labute approximate surface area is 117 Å². The maximum absolute atomic E-state index is 2.46. The van der Waals surface area contributed by atoms with Crippen LogP contribution in [0.4, 0.5) is 0 Å². The summed E-state index contributed by atoms with van der Waals surface area (Å²) in [6, 6.07) is 0. The van der Waals surface area contributed by atoms with Crippen LogP contribution in [0.5, 0.6) is 0 Å². The van der Waals surface area contributed by atoms with Gasteiger partial charge in [-0.1, -0.05) is 92.9 Å². The molecule has 0 aromatic rings. The Kier molecular flexibility index (Phi) is 10.9. The monoisotopic (exact) mass is 254 g/mol. The molecule has 4 atom stereocenters. The van der Waals surface area contributed by atoms with Gasteiger partial charge in [0, 0.05) is 0 Å². The minimum atomic E-state index is 0.908. The van der Waals surface area contributed by atoms with E-state index >= 15 is 0 Å². The van der Waals surface area contributed by atoms with Gasteiger partial charge in [-0.05, 0) is 23.7 Å². The summed E-state index contributed by atoms with van der Waals surface area (Å²) >= 11 is 0. The smallest absolute Gasteiger partial charge is 0.0391 e. The van der Waals surface area contributed by atoms with E-state index in [2.05, 4.69) is 41.5 Å². The summed E-state index contributed by atoms with van der Waals surface area (Å²) in [6.45, 7) is 14.3. The first kappa shape index (κ1) is 18.0. The van der Waals surface area contributed by atoms with Crippen molar-refractivity contribution < 1.29 is 0 Å². The summed E-state index contributed by atoms with van der Waals surface area (Å²) in [5.41, 5.74) is 0. The molecule has 0 bridgehead atoms. The molecular formula is C18H38. The van der Waals surface area contributed by atoms with Crippen molar-refractivity contribution in [2.75, 3.05) is 0 Å². The van der Waals surface area contributed by atoms with E-state index in [4.69, 9.17) is 0 Å². The molecule has 0 aromatic heterocycles. The average molecular weight is 255 g/mol.